The number of hydrogen-bond acceptors (Lipinski definition) is 3. The molecule has 1 heterocycles. The third kappa shape index (κ3) is 2.29. The minimum absolute atomic E-state index is 0.134. The smallest absolute Gasteiger partial charge is 0.0665 e. The van der Waals surface area contributed by atoms with E-state index in [1.54, 1.807) is 6.20 Å². The Morgan fingerprint density at radius 3 is 2.57 bits per heavy atom. The molecule has 0 fully saturated rings. The summed E-state index contributed by atoms with van der Waals surface area (Å²) in [6.45, 7) is 8.12. The summed E-state index contributed by atoms with van der Waals surface area (Å²) in [5.74, 6) is 0.322. The molecule has 0 spiro atoms. The van der Waals surface area contributed by atoms with E-state index in [-0.39, 0.29) is 6.04 Å². The average Bonchev–Trinajstić information content (AvgIpc) is 2.11. The van der Waals surface area contributed by atoms with Gasteiger partial charge in [-0.15, -0.1) is 0 Å². The number of rotatable bonds is 3. The summed E-state index contributed by atoms with van der Waals surface area (Å²) in [4.78, 5) is 8.83. The molecule has 0 saturated heterocycles. The molecule has 0 radical (unpaired) electrons. The minimum atomic E-state index is 0.134. The Balaban J connectivity index is 3.08. The highest BCUT2D eigenvalue weighted by atomic mass is 14.8. The van der Waals surface area contributed by atoms with Crippen molar-refractivity contribution in [3.8, 4) is 0 Å². The second-order valence-corrected chi connectivity index (χ2v) is 3.86. The Morgan fingerprint density at radius 2 is 2.07 bits per heavy atom. The lowest BCUT2D eigenvalue weighted by atomic mass is 9.93. The van der Waals surface area contributed by atoms with Gasteiger partial charge in [-0.3, -0.25) is 9.97 Å². The fourth-order valence-electron chi connectivity index (χ4n) is 1.72. The Kier molecular flexibility index (Phi) is 3.58. The molecule has 0 aliphatic rings. The van der Waals surface area contributed by atoms with Crippen LogP contribution in [-0.4, -0.2) is 16.0 Å². The van der Waals surface area contributed by atoms with Crippen LogP contribution >= 0.6 is 0 Å². The molecule has 0 saturated carbocycles. The maximum Gasteiger partial charge on any atom is 0.0665 e. The molecule has 0 bridgehead atoms. The number of hydrogen-bond donors (Lipinski definition) is 1. The summed E-state index contributed by atoms with van der Waals surface area (Å²) in [6.07, 6.45) is 2.81. The SMILES string of the molecule is CCC(c1nc(C)cnc1C)C(C)N. The fourth-order valence-corrected chi connectivity index (χ4v) is 1.72. The van der Waals surface area contributed by atoms with Gasteiger partial charge in [-0.25, -0.2) is 0 Å². The van der Waals surface area contributed by atoms with Crippen molar-refractivity contribution >= 4 is 0 Å². The van der Waals surface area contributed by atoms with Gasteiger partial charge in [0.25, 0.3) is 0 Å². The van der Waals surface area contributed by atoms with Gasteiger partial charge in [0, 0.05) is 18.2 Å². The van der Waals surface area contributed by atoms with Gasteiger partial charge in [-0.1, -0.05) is 6.92 Å². The standard InChI is InChI=1S/C11H19N3/c1-5-10(8(3)12)11-9(4)13-6-7(2)14-11/h6,8,10H,5,12H2,1-4H3. The Morgan fingerprint density at radius 1 is 1.43 bits per heavy atom. The van der Waals surface area contributed by atoms with Crippen LogP contribution in [0.25, 0.3) is 0 Å². The zero-order chi connectivity index (χ0) is 10.7. The molecular weight excluding hydrogens is 174 g/mol. The molecule has 3 heteroatoms. The van der Waals surface area contributed by atoms with Crippen LogP contribution in [0.5, 0.6) is 0 Å². The first kappa shape index (κ1) is 11.1. The van der Waals surface area contributed by atoms with E-state index in [1.807, 2.05) is 20.8 Å². The molecule has 0 aliphatic heterocycles. The first-order valence-corrected chi connectivity index (χ1v) is 5.12. The lowest BCUT2D eigenvalue weighted by Crippen LogP contribution is -2.26. The van der Waals surface area contributed by atoms with Gasteiger partial charge in [-0.05, 0) is 27.2 Å². The molecule has 2 unspecified atom stereocenters. The Labute approximate surface area is 85.8 Å². The van der Waals surface area contributed by atoms with Crippen LogP contribution in [0.2, 0.25) is 0 Å². The summed E-state index contributed by atoms with van der Waals surface area (Å²) in [6, 6.07) is 0.134. The van der Waals surface area contributed by atoms with E-state index in [1.165, 1.54) is 0 Å². The highest BCUT2D eigenvalue weighted by Gasteiger charge is 2.18. The van der Waals surface area contributed by atoms with Crippen LogP contribution in [0.15, 0.2) is 6.20 Å². The van der Waals surface area contributed by atoms with Gasteiger partial charge in [-0.2, -0.15) is 0 Å². The van der Waals surface area contributed by atoms with Crippen molar-refractivity contribution in [1.29, 1.82) is 0 Å². The van der Waals surface area contributed by atoms with E-state index in [9.17, 15) is 0 Å². The molecule has 0 aromatic carbocycles. The summed E-state index contributed by atoms with van der Waals surface area (Å²) in [7, 11) is 0. The first-order chi connectivity index (χ1) is 6.56. The molecule has 14 heavy (non-hydrogen) atoms. The topological polar surface area (TPSA) is 51.8 Å². The van der Waals surface area contributed by atoms with Gasteiger partial charge >= 0.3 is 0 Å². The van der Waals surface area contributed by atoms with Gasteiger partial charge in [0.2, 0.25) is 0 Å². The van der Waals surface area contributed by atoms with E-state index < -0.39 is 0 Å². The predicted octanol–water partition coefficient (Wildman–Crippen LogP) is 1.93. The Bertz CT molecular complexity index is 307. The molecule has 0 amide bonds. The first-order valence-electron chi connectivity index (χ1n) is 5.12. The third-order valence-electron chi connectivity index (χ3n) is 2.54. The molecule has 3 nitrogen and oxygen atoms in total. The Hall–Kier alpha value is -0.960. The normalized spacial score (nSPS) is 15.2. The van der Waals surface area contributed by atoms with Crippen molar-refractivity contribution in [1.82, 2.24) is 9.97 Å². The lowest BCUT2D eigenvalue weighted by molar-refractivity contribution is 0.533. The predicted molar refractivity (Wildman–Crippen MR) is 58.2 cm³/mol. The van der Waals surface area contributed by atoms with Crippen molar-refractivity contribution in [3.05, 3.63) is 23.3 Å². The van der Waals surface area contributed by atoms with Crippen molar-refractivity contribution in [3.63, 3.8) is 0 Å². The van der Waals surface area contributed by atoms with Gasteiger partial charge < -0.3 is 5.73 Å². The number of nitrogens with two attached hydrogens (primary N) is 1. The van der Waals surface area contributed by atoms with Crippen LogP contribution < -0.4 is 5.73 Å². The van der Waals surface area contributed by atoms with Crippen LogP contribution in [0.3, 0.4) is 0 Å². The summed E-state index contributed by atoms with van der Waals surface area (Å²) >= 11 is 0. The van der Waals surface area contributed by atoms with E-state index in [2.05, 4.69) is 16.9 Å². The van der Waals surface area contributed by atoms with E-state index >= 15 is 0 Å². The molecule has 1 rings (SSSR count). The second-order valence-electron chi connectivity index (χ2n) is 3.86. The van der Waals surface area contributed by atoms with Gasteiger partial charge in [0.1, 0.15) is 0 Å². The number of nitrogens with zero attached hydrogens (tertiary/aromatic N) is 2. The van der Waals surface area contributed by atoms with Crippen molar-refractivity contribution < 1.29 is 0 Å². The quantitative estimate of drug-likeness (QED) is 0.798. The van der Waals surface area contributed by atoms with E-state index in [0.717, 1.165) is 23.5 Å². The van der Waals surface area contributed by atoms with Gasteiger partial charge in [0.05, 0.1) is 17.1 Å². The summed E-state index contributed by atoms with van der Waals surface area (Å²) in [5.41, 5.74) is 8.95. The molecule has 1 aromatic heterocycles. The highest BCUT2D eigenvalue weighted by molar-refractivity contribution is 5.18. The zero-order valence-electron chi connectivity index (χ0n) is 9.41. The van der Waals surface area contributed by atoms with E-state index in [0.29, 0.717) is 5.92 Å². The molecular formula is C11H19N3. The van der Waals surface area contributed by atoms with Crippen LogP contribution in [0, 0.1) is 13.8 Å². The molecule has 0 aliphatic carbocycles. The number of aryl methyl sites for hydroxylation is 2. The molecule has 2 atom stereocenters. The highest BCUT2D eigenvalue weighted by Crippen LogP contribution is 2.22. The second kappa shape index (κ2) is 4.51. The summed E-state index contributed by atoms with van der Waals surface area (Å²) < 4.78 is 0. The molecule has 78 valence electrons. The van der Waals surface area contributed by atoms with Crippen molar-refractivity contribution in [2.45, 2.75) is 46.1 Å². The summed E-state index contributed by atoms with van der Waals surface area (Å²) in [5, 5.41) is 0. The van der Waals surface area contributed by atoms with Gasteiger partial charge in [0.15, 0.2) is 0 Å². The van der Waals surface area contributed by atoms with E-state index in [4.69, 9.17) is 5.73 Å². The maximum absolute atomic E-state index is 5.93. The zero-order valence-corrected chi connectivity index (χ0v) is 9.41. The lowest BCUT2D eigenvalue weighted by Gasteiger charge is -2.19. The molecule has 1 aromatic rings. The van der Waals surface area contributed by atoms with Crippen molar-refractivity contribution in [2.24, 2.45) is 5.73 Å². The van der Waals surface area contributed by atoms with Crippen LogP contribution in [-0.2, 0) is 0 Å². The van der Waals surface area contributed by atoms with Crippen LogP contribution in [0.1, 0.15) is 43.3 Å². The molecule has 2 N–H and O–H groups in total. The van der Waals surface area contributed by atoms with Crippen molar-refractivity contribution in [2.75, 3.05) is 0 Å². The fraction of sp³-hybridized carbons (Fsp3) is 0.636. The van der Waals surface area contributed by atoms with Crippen LogP contribution in [0.4, 0.5) is 0 Å². The monoisotopic (exact) mass is 193 g/mol. The third-order valence-corrected chi connectivity index (χ3v) is 2.54. The minimum Gasteiger partial charge on any atom is -0.327 e. The largest absolute Gasteiger partial charge is 0.327 e. The average molecular weight is 193 g/mol. The maximum atomic E-state index is 5.93. The number of aromatic nitrogens is 2.